The van der Waals surface area contributed by atoms with E-state index in [0.717, 1.165) is 37.7 Å². The fourth-order valence-electron chi connectivity index (χ4n) is 5.25. The second kappa shape index (κ2) is 16.3. The Morgan fingerprint density at radius 3 is 2.08 bits per heavy atom. The Bertz CT molecular complexity index is 2180. The lowest BCUT2D eigenvalue weighted by Crippen LogP contribution is -2.30. The van der Waals surface area contributed by atoms with Gasteiger partial charge in [-0.2, -0.15) is 0 Å². The standard InChI is InChI=1S/C42H36N4O3S2/c1-27-17-21-33(22-18-27)38-28(2)51-42(45-38)46-39(47)29(3)50-36-16-10-15-35(26-36)43-41(49)37(44-40(48)34-13-8-5-9-14-34)25-30-19-23-32(24-20-30)31-11-6-4-7-12-31/h4-26,29H,1-3H3,(H,43,49)(H,44,48)(H,45,46,47)/b37-25+. The van der Waals surface area contributed by atoms with Crippen molar-refractivity contribution in [1.29, 1.82) is 0 Å². The van der Waals surface area contributed by atoms with E-state index >= 15 is 0 Å². The summed E-state index contributed by atoms with van der Waals surface area (Å²) in [7, 11) is 0. The molecule has 51 heavy (non-hydrogen) atoms. The SMILES string of the molecule is Cc1ccc(-c2nc(NC(=O)C(C)Sc3cccc(NC(=O)/C(=C\c4ccc(-c5ccccc5)cc4)NC(=O)c4ccccc4)c3)sc2C)cc1. The summed E-state index contributed by atoms with van der Waals surface area (Å²) >= 11 is 2.81. The predicted octanol–water partition coefficient (Wildman–Crippen LogP) is 9.62. The largest absolute Gasteiger partial charge is 0.321 e. The normalized spacial score (nSPS) is 11.8. The van der Waals surface area contributed by atoms with Crippen LogP contribution in [-0.4, -0.2) is 28.0 Å². The van der Waals surface area contributed by atoms with E-state index in [0.29, 0.717) is 16.4 Å². The highest BCUT2D eigenvalue weighted by Gasteiger charge is 2.19. The number of anilines is 2. The lowest BCUT2D eigenvalue weighted by atomic mass is 10.0. The molecule has 3 N–H and O–H groups in total. The van der Waals surface area contributed by atoms with Gasteiger partial charge in [0.25, 0.3) is 11.8 Å². The molecule has 0 bridgehead atoms. The Balaban J connectivity index is 1.14. The molecule has 1 atom stereocenters. The lowest BCUT2D eigenvalue weighted by Gasteiger charge is -2.14. The van der Waals surface area contributed by atoms with Gasteiger partial charge >= 0.3 is 0 Å². The number of nitrogens with one attached hydrogen (secondary N) is 3. The molecule has 9 heteroatoms. The van der Waals surface area contributed by atoms with E-state index in [2.05, 4.69) is 20.9 Å². The number of aromatic nitrogens is 1. The average molecular weight is 709 g/mol. The van der Waals surface area contributed by atoms with Crippen molar-refractivity contribution >= 4 is 57.7 Å². The van der Waals surface area contributed by atoms with Crippen LogP contribution in [0.1, 0.15) is 33.3 Å². The Kier molecular flexibility index (Phi) is 11.2. The highest BCUT2D eigenvalue weighted by molar-refractivity contribution is 8.00. The zero-order chi connectivity index (χ0) is 35.7. The Morgan fingerprint density at radius 1 is 0.725 bits per heavy atom. The first-order chi connectivity index (χ1) is 24.7. The van der Waals surface area contributed by atoms with Crippen molar-refractivity contribution in [1.82, 2.24) is 10.3 Å². The van der Waals surface area contributed by atoms with Crippen LogP contribution in [0.3, 0.4) is 0 Å². The minimum Gasteiger partial charge on any atom is -0.321 e. The number of thioether (sulfide) groups is 1. The van der Waals surface area contributed by atoms with Crippen molar-refractivity contribution in [3.63, 3.8) is 0 Å². The van der Waals surface area contributed by atoms with Crippen molar-refractivity contribution in [3.8, 4) is 22.4 Å². The van der Waals surface area contributed by atoms with Crippen molar-refractivity contribution in [2.24, 2.45) is 0 Å². The van der Waals surface area contributed by atoms with Gasteiger partial charge in [0.2, 0.25) is 5.91 Å². The fourth-order valence-corrected chi connectivity index (χ4v) is 7.02. The maximum absolute atomic E-state index is 13.7. The summed E-state index contributed by atoms with van der Waals surface area (Å²) < 4.78 is 0. The molecular weight excluding hydrogens is 673 g/mol. The average Bonchev–Trinajstić information content (AvgIpc) is 3.51. The molecule has 1 aromatic heterocycles. The molecule has 7 nitrogen and oxygen atoms in total. The van der Waals surface area contributed by atoms with Crippen LogP contribution in [0, 0.1) is 13.8 Å². The zero-order valence-corrected chi connectivity index (χ0v) is 30.0. The van der Waals surface area contributed by atoms with Crippen LogP contribution < -0.4 is 16.0 Å². The van der Waals surface area contributed by atoms with Crippen molar-refractivity contribution in [2.75, 3.05) is 10.6 Å². The van der Waals surface area contributed by atoms with Gasteiger partial charge < -0.3 is 16.0 Å². The van der Waals surface area contributed by atoms with Crippen LogP contribution in [0.2, 0.25) is 0 Å². The summed E-state index contributed by atoms with van der Waals surface area (Å²) in [5.74, 6) is -1.06. The van der Waals surface area contributed by atoms with Gasteiger partial charge in [0.05, 0.1) is 10.9 Å². The highest BCUT2D eigenvalue weighted by Crippen LogP contribution is 2.32. The van der Waals surface area contributed by atoms with Crippen LogP contribution in [0.25, 0.3) is 28.5 Å². The smallest absolute Gasteiger partial charge is 0.272 e. The van der Waals surface area contributed by atoms with Gasteiger partial charge in [-0.05, 0) is 73.9 Å². The summed E-state index contributed by atoms with van der Waals surface area (Å²) in [5.41, 5.74) is 6.95. The molecular formula is C42H36N4O3S2. The molecule has 3 amide bonds. The lowest BCUT2D eigenvalue weighted by molar-refractivity contribution is -0.115. The van der Waals surface area contributed by atoms with Crippen LogP contribution >= 0.6 is 23.1 Å². The summed E-state index contributed by atoms with van der Waals surface area (Å²) in [5, 5.41) is 8.79. The monoisotopic (exact) mass is 708 g/mol. The second-order valence-electron chi connectivity index (χ2n) is 11.9. The van der Waals surface area contributed by atoms with Gasteiger partial charge in [0.15, 0.2) is 5.13 Å². The Labute approximate surface area is 305 Å². The van der Waals surface area contributed by atoms with Crippen LogP contribution in [0.15, 0.2) is 144 Å². The number of thiazole rings is 1. The Hall–Kier alpha value is -5.77. The molecule has 6 rings (SSSR count). The van der Waals surface area contributed by atoms with Crippen molar-refractivity contribution < 1.29 is 14.4 Å². The van der Waals surface area contributed by atoms with E-state index in [1.807, 2.05) is 118 Å². The summed E-state index contributed by atoms with van der Waals surface area (Å²) in [6.45, 7) is 5.87. The molecule has 0 saturated heterocycles. The molecule has 6 aromatic rings. The van der Waals surface area contributed by atoms with Gasteiger partial charge in [-0.1, -0.05) is 109 Å². The molecule has 1 unspecified atom stereocenters. The third-order valence-corrected chi connectivity index (χ3v) is 9.96. The van der Waals surface area contributed by atoms with Gasteiger partial charge in [0, 0.05) is 26.6 Å². The number of rotatable bonds is 11. The summed E-state index contributed by atoms with van der Waals surface area (Å²) in [6.07, 6.45) is 1.65. The predicted molar refractivity (Wildman–Crippen MR) is 210 cm³/mol. The van der Waals surface area contributed by atoms with Crippen LogP contribution in [0.5, 0.6) is 0 Å². The van der Waals surface area contributed by atoms with E-state index < -0.39 is 17.1 Å². The van der Waals surface area contributed by atoms with E-state index in [1.54, 1.807) is 42.5 Å². The molecule has 0 spiro atoms. The topological polar surface area (TPSA) is 100 Å². The van der Waals surface area contributed by atoms with E-state index in [4.69, 9.17) is 0 Å². The first kappa shape index (κ1) is 35.1. The summed E-state index contributed by atoms with van der Waals surface area (Å²) in [4.78, 5) is 46.5. The molecule has 0 aliphatic carbocycles. The first-order valence-electron chi connectivity index (χ1n) is 16.4. The number of hydrogen-bond donors (Lipinski definition) is 3. The third-order valence-electron chi connectivity index (χ3n) is 7.98. The number of aryl methyl sites for hydroxylation is 2. The molecule has 0 aliphatic heterocycles. The van der Waals surface area contributed by atoms with Crippen molar-refractivity contribution in [3.05, 3.63) is 161 Å². The van der Waals surface area contributed by atoms with Crippen molar-refractivity contribution in [2.45, 2.75) is 30.9 Å². The number of hydrogen-bond acceptors (Lipinski definition) is 6. The van der Waals surface area contributed by atoms with Gasteiger partial charge in [-0.25, -0.2) is 4.98 Å². The van der Waals surface area contributed by atoms with Crippen LogP contribution in [0.4, 0.5) is 10.8 Å². The number of nitrogens with zero attached hydrogens (tertiary/aromatic N) is 1. The number of carbonyl (C=O) groups excluding carboxylic acids is 3. The maximum Gasteiger partial charge on any atom is 0.272 e. The first-order valence-corrected chi connectivity index (χ1v) is 18.1. The maximum atomic E-state index is 13.7. The number of benzene rings is 5. The third kappa shape index (κ3) is 9.27. The molecule has 254 valence electrons. The minimum atomic E-state index is -0.483. The van der Waals surface area contributed by atoms with E-state index in [-0.39, 0.29) is 11.6 Å². The van der Waals surface area contributed by atoms with Gasteiger partial charge in [-0.3, -0.25) is 14.4 Å². The molecule has 0 saturated carbocycles. The van der Waals surface area contributed by atoms with Gasteiger partial charge in [-0.15, -0.1) is 23.1 Å². The quantitative estimate of drug-likeness (QED) is 0.0920. The molecule has 5 aromatic carbocycles. The van der Waals surface area contributed by atoms with Crippen LogP contribution in [-0.2, 0) is 9.59 Å². The van der Waals surface area contributed by atoms with Gasteiger partial charge in [0.1, 0.15) is 5.70 Å². The molecule has 1 heterocycles. The molecule has 0 fully saturated rings. The zero-order valence-electron chi connectivity index (χ0n) is 28.3. The number of amides is 3. The fraction of sp³-hybridized carbons (Fsp3) is 0.0952. The second-order valence-corrected chi connectivity index (χ2v) is 14.5. The summed E-state index contributed by atoms with van der Waals surface area (Å²) in [6, 6.07) is 42.0. The van der Waals surface area contributed by atoms with E-state index in [1.165, 1.54) is 28.7 Å². The molecule has 0 radical (unpaired) electrons. The van der Waals surface area contributed by atoms with E-state index in [9.17, 15) is 14.4 Å². The number of carbonyl (C=O) groups is 3. The minimum absolute atomic E-state index is 0.0888. The highest BCUT2D eigenvalue weighted by atomic mass is 32.2. The molecule has 0 aliphatic rings. The Morgan fingerprint density at radius 2 is 1.37 bits per heavy atom.